The molecule has 114 valence electrons. The number of carbonyl (C=O) groups excluding carboxylic acids is 2. The first-order chi connectivity index (χ1) is 10.7. The van der Waals surface area contributed by atoms with E-state index in [1.165, 1.54) is 6.26 Å². The SMILES string of the molecule is O=C(NCCO)c1occc1CN1C(=O)Cc2ccccc21. The molecule has 0 fully saturated rings. The van der Waals surface area contributed by atoms with Crippen LogP contribution in [-0.4, -0.2) is 30.1 Å². The molecule has 0 saturated carbocycles. The zero-order chi connectivity index (χ0) is 15.5. The second-order valence-electron chi connectivity index (χ2n) is 5.04. The fraction of sp³-hybridized carbons (Fsp3) is 0.250. The first kappa shape index (κ1) is 14.3. The summed E-state index contributed by atoms with van der Waals surface area (Å²) in [5.41, 5.74) is 2.50. The summed E-state index contributed by atoms with van der Waals surface area (Å²) in [6.07, 6.45) is 1.80. The van der Waals surface area contributed by atoms with Crippen molar-refractivity contribution < 1.29 is 19.1 Å². The third kappa shape index (κ3) is 2.60. The lowest BCUT2D eigenvalue weighted by Crippen LogP contribution is -2.29. The largest absolute Gasteiger partial charge is 0.459 e. The number of nitrogens with one attached hydrogen (secondary N) is 1. The molecule has 1 aromatic heterocycles. The molecule has 22 heavy (non-hydrogen) atoms. The maximum atomic E-state index is 12.2. The van der Waals surface area contributed by atoms with E-state index in [4.69, 9.17) is 9.52 Å². The van der Waals surface area contributed by atoms with Gasteiger partial charge in [0.25, 0.3) is 5.91 Å². The third-order valence-electron chi connectivity index (χ3n) is 3.60. The summed E-state index contributed by atoms with van der Waals surface area (Å²) < 4.78 is 5.23. The molecule has 1 aliphatic rings. The van der Waals surface area contributed by atoms with Crippen molar-refractivity contribution in [1.82, 2.24) is 5.32 Å². The first-order valence-corrected chi connectivity index (χ1v) is 7.04. The maximum Gasteiger partial charge on any atom is 0.287 e. The summed E-state index contributed by atoms with van der Waals surface area (Å²) in [4.78, 5) is 25.8. The quantitative estimate of drug-likeness (QED) is 0.866. The summed E-state index contributed by atoms with van der Waals surface area (Å²) >= 11 is 0. The Morgan fingerprint density at radius 1 is 1.32 bits per heavy atom. The standard InChI is InChI=1S/C16H16N2O4/c19-7-6-17-16(21)15-12(5-8-22-15)10-18-13-4-2-1-3-11(13)9-14(18)20/h1-5,8,19H,6-7,9-10H2,(H,17,21). The molecule has 0 bridgehead atoms. The van der Waals surface area contributed by atoms with Crippen LogP contribution in [0.3, 0.4) is 0 Å². The van der Waals surface area contributed by atoms with E-state index in [9.17, 15) is 9.59 Å². The van der Waals surface area contributed by atoms with Gasteiger partial charge in [-0.2, -0.15) is 0 Å². The van der Waals surface area contributed by atoms with Gasteiger partial charge in [0.1, 0.15) is 0 Å². The first-order valence-electron chi connectivity index (χ1n) is 7.04. The molecule has 0 spiro atoms. The smallest absolute Gasteiger partial charge is 0.287 e. The zero-order valence-corrected chi connectivity index (χ0v) is 11.9. The minimum Gasteiger partial charge on any atom is -0.459 e. The van der Waals surface area contributed by atoms with Gasteiger partial charge in [-0.3, -0.25) is 9.59 Å². The molecule has 6 heteroatoms. The second kappa shape index (κ2) is 6.03. The van der Waals surface area contributed by atoms with Crippen molar-refractivity contribution in [3.8, 4) is 0 Å². The van der Waals surface area contributed by atoms with E-state index in [0.717, 1.165) is 11.3 Å². The maximum absolute atomic E-state index is 12.2. The average Bonchev–Trinajstić information content (AvgIpc) is 3.10. The molecule has 1 aliphatic heterocycles. The number of aliphatic hydroxyl groups excluding tert-OH is 1. The Morgan fingerprint density at radius 3 is 2.95 bits per heavy atom. The van der Waals surface area contributed by atoms with Gasteiger partial charge in [-0.05, 0) is 17.7 Å². The lowest BCUT2D eigenvalue weighted by Gasteiger charge is -2.17. The van der Waals surface area contributed by atoms with Crippen molar-refractivity contribution in [1.29, 1.82) is 0 Å². The molecular weight excluding hydrogens is 284 g/mol. The monoisotopic (exact) mass is 300 g/mol. The predicted octanol–water partition coefficient (Wildman–Crippen LogP) is 1.09. The summed E-state index contributed by atoms with van der Waals surface area (Å²) in [5.74, 6) is -0.219. The zero-order valence-electron chi connectivity index (χ0n) is 11.9. The van der Waals surface area contributed by atoms with Crippen LogP contribution in [0.5, 0.6) is 0 Å². The highest BCUT2D eigenvalue weighted by atomic mass is 16.3. The number of nitrogens with zero attached hydrogens (tertiary/aromatic N) is 1. The molecule has 0 aliphatic carbocycles. The summed E-state index contributed by atoms with van der Waals surface area (Å²) in [6, 6.07) is 9.29. The van der Waals surface area contributed by atoms with Crippen molar-refractivity contribution in [2.24, 2.45) is 0 Å². The van der Waals surface area contributed by atoms with Crippen LogP contribution in [0.1, 0.15) is 21.7 Å². The topological polar surface area (TPSA) is 82.8 Å². The Bertz CT molecular complexity index is 708. The molecule has 0 radical (unpaired) electrons. The Kier molecular flexibility index (Phi) is 3.93. The van der Waals surface area contributed by atoms with Gasteiger partial charge in [0.2, 0.25) is 5.91 Å². The number of benzene rings is 1. The van der Waals surface area contributed by atoms with E-state index in [-0.39, 0.29) is 31.4 Å². The van der Waals surface area contributed by atoms with Gasteiger partial charge in [-0.1, -0.05) is 18.2 Å². The molecule has 0 atom stereocenters. The molecular formula is C16H16N2O4. The van der Waals surface area contributed by atoms with Crippen molar-refractivity contribution in [3.05, 3.63) is 53.5 Å². The van der Waals surface area contributed by atoms with Crippen LogP contribution in [0.25, 0.3) is 0 Å². The van der Waals surface area contributed by atoms with Crippen molar-refractivity contribution in [3.63, 3.8) is 0 Å². The molecule has 6 nitrogen and oxygen atoms in total. The lowest BCUT2D eigenvalue weighted by atomic mass is 10.1. The van der Waals surface area contributed by atoms with Crippen LogP contribution in [0.15, 0.2) is 41.0 Å². The van der Waals surface area contributed by atoms with Crippen LogP contribution >= 0.6 is 0 Å². The van der Waals surface area contributed by atoms with Gasteiger partial charge in [0.05, 0.1) is 25.8 Å². The number of para-hydroxylation sites is 1. The van der Waals surface area contributed by atoms with E-state index in [1.54, 1.807) is 11.0 Å². The van der Waals surface area contributed by atoms with E-state index in [0.29, 0.717) is 12.0 Å². The Labute approximate surface area is 127 Å². The molecule has 2 aromatic rings. The van der Waals surface area contributed by atoms with E-state index >= 15 is 0 Å². The molecule has 0 saturated heterocycles. The fourth-order valence-electron chi connectivity index (χ4n) is 2.57. The average molecular weight is 300 g/mol. The molecule has 0 unspecified atom stereocenters. The third-order valence-corrected chi connectivity index (χ3v) is 3.60. The van der Waals surface area contributed by atoms with Gasteiger partial charge in [-0.25, -0.2) is 0 Å². The minimum absolute atomic E-state index is 0.00381. The lowest BCUT2D eigenvalue weighted by molar-refractivity contribution is -0.117. The second-order valence-corrected chi connectivity index (χ2v) is 5.04. The van der Waals surface area contributed by atoms with Gasteiger partial charge in [0, 0.05) is 17.8 Å². The van der Waals surface area contributed by atoms with Gasteiger partial charge in [-0.15, -0.1) is 0 Å². The van der Waals surface area contributed by atoms with Crippen molar-refractivity contribution >= 4 is 17.5 Å². The highest BCUT2D eigenvalue weighted by Crippen LogP contribution is 2.30. The number of aliphatic hydroxyl groups is 1. The predicted molar refractivity (Wildman–Crippen MR) is 79.5 cm³/mol. The summed E-state index contributed by atoms with van der Waals surface area (Å²) in [7, 11) is 0. The van der Waals surface area contributed by atoms with E-state index in [1.807, 2.05) is 24.3 Å². The van der Waals surface area contributed by atoms with Crippen molar-refractivity contribution in [2.75, 3.05) is 18.1 Å². The normalized spacial score (nSPS) is 13.3. The van der Waals surface area contributed by atoms with E-state index < -0.39 is 5.91 Å². The molecule has 2 heterocycles. The van der Waals surface area contributed by atoms with Crippen LogP contribution in [0.2, 0.25) is 0 Å². The van der Waals surface area contributed by atoms with Crippen LogP contribution < -0.4 is 10.2 Å². The molecule has 2 N–H and O–H groups in total. The highest BCUT2D eigenvalue weighted by Gasteiger charge is 2.28. The Hall–Kier alpha value is -2.60. The molecule has 2 amide bonds. The van der Waals surface area contributed by atoms with Crippen LogP contribution in [-0.2, 0) is 17.8 Å². The Morgan fingerprint density at radius 2 is 2.14 bits per heavy atom. The number of furan rings is 1. The number of hydrogen-bond donors (Lipinski definition) is 2. The minimum atomic E-state index is -0.394. The summed E-state index contributed by atoms with van der Waals surface area (Å²) in [5, 5.41) is 11.3. The number of fused-ring (bicyclic) bond motifs is 1. The molecule has 3 rings (SSSR count). The van der Waals surface area contributed by atoms with Gasteiger partial charge >= 0.3 is 0 Å². The fourth-order valence-corrected chi connectivity index (χ4v) is 2.57. The van der Waals surface area contributed by atoms with Crippen LogP contribution in [0, 0.1) is 0 Å². The number of hydrogen-bond acceptors (Lipinski definition) is 4. The summed E-state index contributed by atoms with van der Waals surface area (Å²) in [6.45, 7) is 0.304. The number of rotatable bonds is 5. The highest BCUT2D eigenvalue weighted by molar-refractivity contribution is 6.01. The van der Waals surface area contributed by atoms with E-state index in [2.05, 4.69) is 5.32 Å². The number of carbonyl (C=O) groups is 2. The van der Waals surface area contributed by atoms with Crippen LogP contribution in [0.4, 0.5) is 5.69 Å². The number of amides is 2. The Balaban J connectivity index is 1.81. The van der Waals surface area contributed by atoms with Crippen molar-refractivity contribution in [2.45, 2.75) is 13.0 Å². The van der Waals surface area contributed by atoms with Gasteiger partial charge < -0.3 is 19.7 Å². The molecule has 1 aromatic carbocycles. The number of anilines is 1. The van der Waals surface area contributed by atoms with Gasteiger partial charge in [0.15, 0.2) is 5.76 Å².